The molecule has 0 radical (unpaired) electrons. The van der Waals surface area contributed by atoms with Gasteiger partial charge in [-0.2, -0.15) is 0 Å². The van der Waals surface area contributed by atoms with E-state index in [0.29, 0.717) is 19.0 Å². The van der Waals surface area contributed by atoms with Crippen LogP contribution in [0.1, 0.15) is 25.7 Å². The predicted octanol–water partition coefficient (Wildman–Crippen LogP) is 2.36. The molecule has 2 heterocycles. The minimum absolute atomic E-state index is 0. The maximum absolute atomic E-state index is 12.9. The molecule has 6 nitrogen and oxygen atoms in total. The highest BCUT2D eigenvalue weighted by molar-refractivity contribution is 5.97. The Balaban J connectivity index is 0.00000182. The lowest BCUT2D eigenvalue weighted by molar-refractivity contribution is -0.128. The zero-order valence-electron chi connectivity index (χ0n) is 14.2. The van der Waals surface area contributed by atoms with Crippen LogP contribution < -0.4 is 20.9 Å². The summed E-state index contributed by atoms with van der Waals surface area (Å²) in [6.07, 6.45) is 4.48. The third-order valence-corrected chi connectivity index (χ3v) is 5.78. The third kappa shape index (κ3) is 3.20. The van der Waals surface area contributed by atoms with Crippen LogP contribution in [-0.4, -0.2) is 38.1 Å². The van der Waals surface area contributed by atoms with Gasteiger partial charge in [0.15, 0.2) is 0 Å². The Hall–Kier alpha value is -1.79. The Morgan fingerprint density at radius 3 is 2.76 bits per heavy atom. The highest BCUT2D eigenvalue weighted by Gasteiger charge is 2.49. The number of nitrogens with zero attached hydrogens (tertiary/aromatic N) is 1. The molecule has 2 atom stereocenters. The van der Waals surface area contributed by atoms with Crippen LogP contribution in [0, 0.1) is 11.3 Å². The van der Waals surface area contributed by atoms with Gasteiger partial charge in [0.1, 0.15) is 0 Å². The molecule has 3 aliphatic rings. The normalized spacial score (nSPS) is 28.1. The highest BCUT2D eigenvalue weighted by atomic mass is 35.5. The van der Waals surface area contributed by atoms with Crippen LogP contribution in [0.3, 0.4) is 0 Å². The van der Waals surface area contributed by atoms with Crippen molar-refractivity contribution >= 4 is 35.7 Å². The number of hydrogen-bond acceptors (Lipinski definition) is 3. The van der Waals surface area contributed by atoms with E-state index in [1.165, 1.54) is 6.42 Å². The molecule has 3 amide bonds. The van der Waals surface area contributed by atoms with Crippen LogP contribution in [-0.2, 0) is 4.79 Å². The number of carbonyl (C=O) groups excluding carboxylic acids is 2. The topological polar surface area (TPSA) is 73.5 Å². The second-order valence-electron chi connectivity index (χ2n) is 7.11. The van der Waals surface area contributed by atoms with E-state index in [1.807, 2.05) is 24.3 Å². The Bertz CT molecular complexity index is 651. The van der Waals surface area contributed by atoms with E-state index in [9.17, 15) is 9.59 Å². The van der Waals surface area contributed by atoms with Crippen LogP contribution in [0.15, 0.2) is 24.3 Å². The second-order valence-corrected chi connectivity index (χ2v) is 7.11. The van der Waals surface area contributed by atoms with Crippen LogP contribution in [0.5, 0.6) is 0 Å². The Morgan fingerprint density at radius 2 is 2.04 bits per heavy atom. The van der Waals surface area contributed by atoms with Crippen molar-refractivity contribution in [3.63, 3.8) is 0 Å². The molecule has 0 unspecified atom stereocenters. The van der Waals surface area contributed by atoms with Crippen molar-refractivity contribution in [2.45, 2.75) is 25.7 Å². The molecule has 2 saturated heterocycles. The predicted molar refractivity (Wildman–Crippen MR) is 100 cm³/mol. The molecule has 136 valence electrons. The number of amides is 3. The summed E-state index contributed by atoms with van der Waals surface area (Å²) in [7, 11) is 0. The van der Waals surface area contributed by atoms with E-state index in [-0.39, 0.29) is 29.8 Å². The summed E-state index contributed by atoms with van der Waals surface area (Å²) >= 11 is 0. The van der Waals surface area contributed by atoms with Gasteiger partial charge in [-0.25, -0.2) is 4.79 Å². The first-order valence-corrected chi connectivity index (χ1v) is 8.87. The Kier molecular flexibility index (Phi) is 5.20. The summed E-state index contributed by atoms with van der Waals surface area (Å²) < 4.78 is 0. The fourth-order valence-electron chi connectivity index (χ4n) is 4.39. The van der Waals surface area contributed by atoms with Crippen molar-refractivity contribution in [1.29, 1.82) is 0 Å². The average Bonchev–Trinajstić information content (AvgIpc) is 3.22. The Labute approximate surface area is 154 Å². The van der Waals surface area contributed by atoms with Gasteiger partial charge >= 0.3 is 6.03 Å². The molecule has 1 saturated carbocycles. The number of carbonyl (C=O) groups is 2. The van der Waals surface area contributed by atoms with Gasteiger partial charge in [0.05, 0.1) is 5.41 Å². The number of halogens is 1. The molecule has 0 aromatic heterocycles. The third-order valence-electron chi connectivity index (χ3n) is 5.78. The van der Waals surface area contributed by atoms with Crippen molar-refractivity contribution in [1.82, 2.24) is 10.6 Å². The maximum atomic E-state index is 12.9. The lowest BCUT2D eigenvalue weighted by atomic mass is 9.67. The molecule has 7 heteroatoms. The van der Waals surface area contributed by atoms with Gasteiger partial charge in [0.25, 0.3) is 0 Å². The van der Waals surface area contributed by atoms with Crippen molar-refractivity contribution < 1.29 is 9.59 Å². The summed E-state index contributed by atoms with van der Waals surface area (Å²) in [5.74, 6) is 0.600. The van der Waals surface area contributed by atoms with E-state index >= 15 is 0 Å². The number of nitrogens with one attached hydrogen (secondary N) is 3. The zero-order chi connectivity index (χ0) is 16.6. The van der Waals surface area contributed by atoms with Crippen molar-refractivity contribution in [2.24, 2.45) is 11.3 Å². The van der Waals surface area contributed by atoms with Gasteiger partial charge in [0.2, 0.25) is 5.91 Å². The first-order valence-electron chi connectivity index (χ1n) is 8.87. The lowest BCUT2D eigenvalue weighted by Crippen LogP contribution is -2.44. The molecule has 0 spiro atoms. The minimum atomic E-state index is -0.244. The summed E-state index contributed by atoms with van der Waals surface area (Å²) in [6, 6.07) is 7.49. The number of fused-ring (bicyclic) bond motifs is 1. The number of anilines is 2. The smallest absolute Gasteiger partial charge is 0.321 e. The van der Waals surface area contributed by atoms with Crippen LogP contribution in [0.25, 0.3) is 0 Å². The van der Waals surface area contributed by atoms with Gasteiger partial charge in [-0.1, -0.05) is 12.8 Å². The van der Waals surface area contributed by atoms with Gasteiger partial charge in [-0.15, -0.1) is 12.4 Å². The van der Waals surface area contributed by atoms with Crippen LogP contribution in [0.4, 0.5) is 16.2 Å². The van der Waals surface area contributed by atoms with E-state index < -0.39 is 0 Å². The molecular weight excluding hydrogens is 340 g/mol. The second kappa shape index (κ2) is 7.22. The van der Waals surface area contributed by atoms with Crippen LogP contribution >= 0.6 is 12.4 Å². The number of rotatable bonds is 3. The molecule has 2 aliphatic heterocycles. The lowest BCUT2D eigenvalue weighted by Gasteiger charge is -2.37. The summed E-state index contributed by atoms with van der Waals surface area (Å²) in [6.45, 7) is 3.10. The molecule has 3 fully saturated rings. The molecule has 1 aromatic rings. The monoisotopic (exact) mass is 364 g/mol. The molecule has 1 aromatic carbocycles. The molecule has 3 N–H and O–H groups in total. The number of hydrogen-bond donors (Lipinski definition) is 3. The molecular formula is C18H25ClN4O2. The van der Waals surface area contributed by atoms with Crippen molar-refractivity contribution in [3.8, 4) is 0 Å². The molecule has 4 rings (SSSR count). The van der Waals surface area contributed by atoms with E-state index in [1.54, 1.807) is 4.90 Å². The van der Waals surface area contributed by atoms with Crippen molar-refractivity contribution in [3.05, 3.63) is 24.3 Å². The number of urea groups is 1. The average molecular weight is 365 g/mol. The standard InChI is InChI=1S/C18H24N4O2.ClH/c23-16(18-8-2-1-3-13(18)11-19-12-18)21-14-4-6-15(7-5-14)22-10-9-20-17(22)24;/h4-7,13,19H,1-3,8-12H2,(H,20,24)(H,21,23);1H/t13-,18+;/m0./s1. The number of benzene rings is 1. The van der Waals surface area contributed by atoms with Crippen LogP contribution in [0.2, 0.25) is 0 Å². The van der Waals surface area contributed by atoms with Gasteiger partial charge in [-0.3, -0.25) is 9.69 Å². The highest BCUT2D eigenvalue weighted by Crippen LogP contribution is 2.44. The quantitative estimate of drug-likeness (QED) is 0.770. The summed E-state index contributed by atoms with van der Waals surface area (Å²) in [5, 5.41) is 9.31. The first kappa shape index (κ1) is 18.0. The minimum Gasteiger partial charge on any atom is -0.336 e. The molecule has 0 bridgehead atoms. The zero-order valence-corrected chi connectivity index (χ0v) is 15.0. The molecule has 25 heavy (non-hydrogen) atoms. The van der Waals surface area contributed by atoms with E-state index in [2.05, 4.69) is 16.0 Å². The fourth-order valence-corrected chi connectivity index (χ4v) is 4.39. The van der Waals surface area contributed by atoms with Gasteiger partial charge in [-0.05, 0) is 49.6 Å². The first-order chi connectivity index (χ1) is 11.7. The van der Waals surface area contributed by atoms with Gasteiger partial charge < -0.3 is 16.0 Å². The largest absolute Gasteiger partial charge is 0.336 e. The van der Waals surface area contributed by atoms with Crippen molar-refractivity contribution in [2.75, 3.05) is 36.4 Å². The van der Waals surface area contributed by atoms with E-state index in [4.69, 9.17) is 0 Å². The Morgan fingerprint density at radius 1 is 1.24 bits per heavy atom. The summed E-state index contributed by atoms with van der Waals surface area (Å²) in [5.41, 5.74) is 1.42. The maximum Gasteiger partial charge on any atom is 0.321 e. The van der Waals surface area contributed by atoms with Gasteiger partial charge in [0, 0.05) is 31.0 Å². The molecule has 1 aliphatic carbocycles. The summed E-state index contributed by atoms with van der Waals surface area (Å²) in [4.78, 5) is 26.4. The SMILES string of the molecule is Cl.O=C1NCCN1c1ccc(NC(=O)[C@@]23CCCC[C@H]2CNC3)cc1. The fraction of sp³-hybridized carbons (Fsp3) is 0.556. The van der Waals surface area contributed by atoms with E-state index in [0.717, 1.165) is 43.7 Å².